The van der Waals surface area contributed by atoms with Gasteiger partial charge in [-0.05, 0) is 37.5 Å². The van der Waals surface area contributed by atoms with Crippen molar-refractivity contribution in [1.82, 2.24) is 5.32 Å². The summed E-state index contributed by atoms with van der Waals surface area (Å²) in [6.07, 6.45) is 2.50. The quantitative estimate of drug-likeness (QED) is 0.774. The summed E-state index contributed by atoms with van der Waals surface area (Å²) in [6.45, 7) is 5.81. The number of nitrogens with one attached hydrogen (secondary N) is 1. The van der Waals surface area contributed by atoms with Crippen molar-refractivity contribution >= 4 is 28.1 Å². The van der Waals surface area contributed by atoms with E-state index in [1.54, 1.807) is 6.07 Å². The van der Waals surface area contributed by atoms with E-state index in [1.165, 1.54) is 0 Å². The van der Waals surface area contributed by atoms with Crippen LogP contribution in [0.4, 0.5) is 0 Å². The van der Waals surface area contributed by atoms with Crippen molar-refractivity contribution in [3.05, 3.63) is 27.7 Å². The normalized spacial score (nSPS) is 10.4. The lowest BCUT2D eigenvalue weighted by Gasteiger charge is -2.16. The number of benzene rings is 1. The zero-order valence-corrected chi connectivity index (χ0v) is 13.6. The molecule has 0 unspecified atom stereocenters. The highest BCUT2D eigenvalue weighted by Gasteiger charge is 2.12. The Balaban J connectivity index is 2.70. The molecule has 0 atom stereocenters. The third-order valence-electron chi connectivity index (χ3n) is 3.09. The number of amides is 1. The van der Waals surface area contributed by atoms with E-state index in [2.05, 4.69) is 21.2 Å². The highest BCUT2D eigenvalue weighted by Crippen LogP contribution is 2.26. The van der Waals surface area contributed by atoms with Crippen molar-refractivity contribution in [3.63, 3.8) is 0 Å². The van der Waals surface area contributed by atoms with E-state index >= 15 is 0 Å². The third kappa shape index (κ3) is 4.63. The van der Waals surface area contributed by atoms with Gasteiger partial charge < -0.3 is 10.1 Å². The molecule has 0 aliphatic carbocycles. The summed E-state index contributed by atoms with van der Waals surface area (Å²) in [5, 5.41) is 2.89. The van der Waals surface area contributed by atoms with Crippen molar-refractivity contribution in [1.29, 1.82) is 0 Å². The van der Waals surface area contributed by atoms with Crippen LogP contribution < -0.4 is 10.1 Å². The minimum absolute atomic E-state index is 0.0835. The van der Waals surface area contributed by atoms with Gasteiger partial charge in [-0.3, -0.25) is 9.59 Å². The van der Waals surface area contributed by atoms with Gasteiger partial charge in [-0.1, -0.05) is 29.8 Å². The van der Waals surface area contributed by atoms with E-state index in [-0.39, 0.29) is 18.6 Å². The summed E-state index contributed by atoms with van der Waals surface area (Å²) in [7, 11) is 0. The van der Waals surface area contributed by atoms with Gasteiger partial charge in [0, 0.05) is 10.5 Å². The molecule has 0 fully saturated rings. The van der Waals surface area contributed by atoms with Crippen LogP contribution in [0.25, 0.3) is 0 Å². The van der Waals surface area contributed by atoms with Crippen LogP contribution in [0.15, 0.2) is 16.6 Å². The Morgan fingerprint density at radius 2 is 2.05 bits per heavy atom. The molecule has 0 bridgehead atoms. The predicted octanol–water partition coefficient (Wildman–Crippen LogP) is 3.25. The molecule has 4 nitrogen and oxygen atoms in total. The minimum atomic E-state index is -0.169. The molecule has 0 saturated heterocycles. The van der Waals surface area contributed by atoms with Gasteiger partial charge in [-0.2, -0.15) is 0 Å². The molecular formula is C15H20BrNO3. The standard InChI is InChI=1S/C15H20BrNO3/c1-4-13(5-2)17-14(19)9-20-15-10(3)6-12(16)7-11(15)8-18/h6-8,13H,4-5,9H2,1-3H3,(H,17,19). The van der Waals surface area contributed by atoms with E-state index < -0.39 is 0 Å². The number of rotatable bonds is 7. The van der Waals surface area contributed by atoms with Gasteiger partial charge in [0.2, 0.25) is 0 Å². The molecule has 1 N–H and O–H groups in total. The summed E-state index contributed by atoms with van der Waals surface area (Å²) < 4.78 is 6.31. The van der Waals surface area contributed by atoms with Crippen LogP contribution in [0.1, 0.15) is 42.6 Å². The average Bonchev–Trinajstić information content (AvgIpc) is 2.42. The van der Waals surface area contributed by atoms with E-state index in [9.17, 15) is 9.59 Å². The van der Waals surface area contributed by atoms with Crippen LogP contribution in [-0.4, -0.2) is 24.8 Å². The fraction of sp³-hybridized carbons (Fsp3) is 0.467. The second-order valence-corrected chi connectivity index (χ2v) is 5.54. The molecule has 1 aromatic rings. The molecule has 20 heavy (non-hydrogen) atoms. The van der Waals surface area contributed by atoms with Gasteiger partial charge in [-0.15, -0.1) is 0 Å². The maximum atomic E-state index is 11.8. The molecule has 110 valence electrons. The van der Waals surface area contributed by atoms with Crippen LogP contribution in [0.2, 0.25) is 0 Å². The number of aldehydes is 1. The van der Waals surface area contributed by atoms with Gasteiger partial charge in [0.05, 0.1) is 5.56 Å². The molecule has 0 aliphatic rings. The second kappa shape index (κ2) is 8.04. The lowest BCUT2D eigenvalue weighted by Crippen LogP contribution is -2.37. The number of hydrogen-bond donors (Lipinski definition) is 1. The number of halogens is 1. The lowest BCUT2D eigenvalue weighted by molar-refractivity contribution is -0.123. The molecule has 0 spiro atoms. The van der Waals surface area contributed by atoms with Crippen LogP contribution in [0, 0.1) is 6.92 Å². The van der Waals surface area contributed by atoms with Crippen molar-refractivity contribution < 1.29 is 14.3 Å². The first-order valence-electron chi connectivity index (χ1n) is 6.69. The Morgan fingerprint density at radius 1 is 1.40 bits per heavy atom. The number of aryl methyl sites for hydroxylation is 1. The monoisotopic (exact) mass is 341 g/mol. The van der Waals surface area contributed by atoms with Gasteiger partial charge in [0.25, 0.3) is 5.91 Å². The zero-order chi connectivity index (χ0) is 15.1. The first-order valence-corrected chi connectivity index (χ1v) is 7.48. The van der Waals surface area contributed by atoms with Crippen LogP contribution in [-0.2, 0) is 4.79 Å². The first-order chi connectivity index (χ1) is 9.51. The van der Waals surface area contributed by atoms with E-state index in [1.807, 2.05) is 26.8 Å². The number of carbonyl (C=O) groups is 2. The highest BCUT2D eigenvalue weighted by atomic mass is 79.9. The second-order valence-electron chi connectivity index (χ2n) is 4.63. The molecule has 1 rings (SSSR count). The molecule has 0 saturated carbocycles. The van der Waals surface area contributed by atoms with Gasteiger partial charge in [-0.25, -0.2) is 0 Å². The Hall–Kier alpha value is -1.36. The topological polar surface area (TPSA) is 55.4 Å². The summed E-state index contributed by atoms with van der Waals surface area (Å²) in [6, 6.07) is 3.69. The first kappa shape index (κ1) is 16.7. The largest absolute Gasteiger partial charge is 0.483 e. The van der Waals surface area contributed by atoms with Crippen molar-refractivity contribution in [2.24, 2.45) is 0 Å². The lowest BCUT2D eigenvalue weighted by atomic mass is 10.1. The molecule has 0 radical (unpaired) electrons. The molecule has 1 aromatic carbocycles. The van der Waals surface area contributed by atoms with Gasteiger partial charge in [0.15, 0.2) is 12.9 Å². The average molecular weight is 342 g/mol. The number of carbonyl (C=O) groups excluding carboxylic acids is 2. The van der Waals surface area contributed by atoms with Crippen molar-refractivity contribution in [2.75, 3.05) is 6.61 Å². The summed E-state index contributed by atoms with van der Waals surface area (Å²) in [4.78, 5) is 22.8. The number of hydrogen-bond acceptors (Lipinski definition) is 3. The molecular weight excluding hydrogens is 322 g/mol. The minimum Gasteiger partial charge on any atom is -0.483 e. The smallest absolute Gasteiger partial charge is 0.258 e. The molecule has 0 heterocycles. The fourth-order valence-corrected chi connectivity index (χ4v) is 2.53. The Bertz CT molecular complexity index is 484. The zero-order valence-electron chi connectivity index (χ0n) is 12.0. The molecule has 1 amide bonds. The highest BCUT2D eigenvalue weighted by molar-refractivity contribution is 9.10. The summed E-state index contributed by atoms with van der Waals surface area (Å²) in [5.74, 6) is 0.292. The van der Waals surface area contributed by atoms with E-state index in [0.29, 0.717) is 11.3 Å². The Morgan fingerprint density at radius 3 is 2.60 bits per heavy atom. The van der Waals surface area contributed by atoms with Crippen LogP contribution >= 0.6 is 15.9 Å². The van der Waals surface area contributed by atoms with Crippen molar-refractivity contribution in [3.8, 4) is 5.75 Å². The van der Waals surface area contributed by atoms with Crippen LogP contribution in [0.3, 0.4) is 0 Å². The SMILES string of the molecule is CCC(CC)NC(=O)COc1c(C)cc(Br)cc1C=O. The van der Waals surface area contributed by atoms with E-state index in [4.69, 9.17) is 4.74 Å². The summed E-state index contributed by atoms with van der Waals surface area (Å²) >= 11 is 3.33. The summed E-state index contributed by atoms with van der Waals surface area (Å²) in [5.41, 5.74) is 1.25. The maximum absolute atomic E-state index is 11.8. The van der Waals surface area contributed by atoms with Crippen LogP contribution in [0.5, 0.6) is 5.75 Å². The predicted molar refractivity (Wildman–Crippen MR) is 82.3 cm³/mol. The Kier molecular flexibility index (Phi) is 6.71. The van der Waals surface area contributed by atoms with E-state index in [0.717, 1.165) is 29.2 Å². The Labute approximate surface area is 128 Å². The van der Waals surface area contributed by atoms with Gasteiger partial charge >= 0.3 is 0 Å². The molecule has 0 aromatic heterocycles. The maximum Gasteiger partial charge on any atom is 0.258 e. The third-order valence-corrected chi connectivity index (χ3v) is 3.55. The molecule has 5 heteroatoms. The van der Waals surface area contributed by atoms with Gasteiger partial charge in [0.1, 0.15) is 5.75 Å². The van der Waals surface area contributed by atoms with Crippen molar-refractivity contribution in [2.45, 2.75) is 39.7 Å². The fourth-order valence-electron chi connectivity index (χ4n) is 1.94. The molecule has 0 aliphatic heterocycles. The number of ether oxygens (including phenoxy) is 1.